The van der Waals surface area contributed by atoms with Crippen LogP contribution in [-0.2, 0) is 27.5 Å². The Morgan fingerprint density at radius 1 is 1.02 bits per heavy atom. The Bertz CT molecular complexity index is 1440. The van der Waals surface area contributed by atoms with Crippen LogP contribution in [0.4, 0.5) is 9.18 Å². The van der Waals surface area contributed by atoms with Crippen LogP contribution < -0.4 is 5.32 Å². The highest BCUT2D eigenvalue weighted by atomic mass is 19.1. The molecule has 2 aliphatic rings. The summed E-state index contributed by atoms with van der Waals surface area (Å²) in [6.07, 6.45) is -1.22. The lowest BCUT2D eigenvalue weighted by atomic mass is 9.99. The van der Waals surface area contributed by atoms with Crippen LogP contribution in [0.25, 0.3) is 10.8 Å². The number of piperazine rings is 1. The molecule has 0 saturated carbocycles. The molecule has 10 nitrogen and oxygen atoms in total. The van der Waals surface area contributed by atoms with Crippen molar-refractivity contribution in [3.8, 4) is 0 Å². The van der Waals surface area contributed by atoms with Crippen molar-refractivity contribution in [2.24, 2.45) is 0 Å². The van der Waals surface area contributed by atoms with E-state index in [1.54, 1.807) is 24.1 Å². The second-order valence-electron chi connectivity index (χ2n) is 10.0. The number of carbonyl (C=O) groups excluding carboxylic acids is 3. The van der Waals surface area contributed by atoms with E-state index in [0.29, 0.717) is 5.56 Å². The maximum absolute atomic E-state index is 13.8. The summed E-state index contributed by atoms with van der Waals surface area (Å²) in [5.74, 6) is -2.17. The standard InChI is InChI=1S/C29H30FN5O5/c1-32-18-26(36)34-24(13-14-27(37)38)28(39)33(16-21-7-4-6-20-5-2-3-8-23(20)21)17-25(34)35(32)29(40)31-15-19-9-11-22(30)12-10-19/h2-12,24-25H,13-18H2,1H3,(H,31,40)(H,37,38)/t24-,25-/m0/s1. The Balaban J connectivity index is 1.45. The molecule has 40 heavy (non-hydrogen) atoms. The predicted molar refractivity (Wildman–Crippen MR) is 144 cm³/mol. The zero-order chi connectivity index (χ0) is 28.4. The number of carboxylic acid groups (broad SMARTS) is 1. The van der Waals surface area contributed by atoms with Gasteiger partial charge in [-0.25, -0.2) is 19.2 Å². The van der Waals surface area contributed by atoms with Crippen molar-refractivity contribution in [3.63, 3.8) is 0 Å². The van der Waals surface area contributed by atoms with Crippen molar-refractivity contribution in [1.29, 1.82) is 0 Å². The van der Waals surface area contributed by atoms with E-state index >= 15 is 0 Å². The van der Waals surface area contributed by atoms with Gasteiger partial charge >= 0.3 is 12.0 Å². The summed E-state index contributed by atoms with van der Waals surface area (Å²) >= 11 is 0. The highest BCUT2D eigenvalue weighted by Gasteiger charge is 2.50. The van der Waals surface area contributed by atoms with E-state index in [4.69, 9.17) is 0 Å². The average Bonchev–Trinajstić information content (AvgIpc) is 2.93. The van der Waals surface area contributed by atoms with Gasteiger partial charge in [-0.2, -0.15) is 0 Å². The third-order valence-corrected chi connectivity index (χ3v) is 7.38. The van der Waals surface area contributed by atoms with Gasteiger partial charge in [0.1, 0.15) is 18.0 Å². The van der Waals surface area contributed by atoms with Gasteiger partial charge in [0.05, 0.1) is 13.1 Å². The first-order valence-electron chi connectivity index (χ1n) is 13.0. The first kappa shape index (κ1) is 27.1. The van der Waals surface area contributed by atoms with E-state index in [1.807, 2.05) is 42.5 Å². The quantitative estimate of drug-likeness (QED) is 0.471. The van der Waals surface area contributed by atoms with E-state index in [1.165, 1.54) is 27.1 Å². The Labute approximate surface area is 230 Å². The van der Waals surface area contributed by atoms with Crippen molar-refractivity contribution >= 4 is 34.6 Å². The molecule has 0 unspecified atom stereocenters. The van der Waals surface area contributed by atoms with Gasteiger partial charge in [-0.1, -0.05) is 54.6 Å². The van der Waals surface area contributed by atoms with Crippen LogP contribution in [0, 0.1) is 5.82 Å². The zero-order valence-electron chi connectivity index (χ0n) is 22.0. The molecule has 2 fully saturated rings. The minimum Gasteiger partial charge on any atom is -0.481 e. The van der Waals surface area contributed by atoms with E-state index < -0.39 is 24.2 Å². The fourth-order valence-electron chi connectivity index (χ4n) is 5.48. The molecule has 4 amide bonds. The minimum absolute atomic E-state index is 0.0473. The number of hydrazine groups is 1. The van der Waals surface area contributed by atoms with Crippen LogP contribution in [0.1, 0.15) is 24.0 Å². The normalized spacial score (nSPS) is 19.6. The molecule has 0 spiro atoms. The van der Waals surface area contributed by atoms with E-state index in [0.717, 1.165) is 16.3 Å². The molecule has 208 valence electrons. The Kier molecular flexibility index (Phi) is 7.65. The van der Waals surface area contributed by atoms with Crippen LogP contribution in [0.5, 0.6) is 0 Å². The number of aliphatic carboxylic acids is 1. The minimum atomic E-state index is -1.08. The highest BCUT2D eigenvalue weighted by Crippen LogP contribution is 2.30. The number of urea groups is 1. The number of hydrogen-bond donors (Lipinski definition) is 2. The van der Waals surface area contributed by atoms with Gasteiger partial charge < -0.3 is 20.2 Å². The van der Waals surface area contributed by atoms with Crippen molar-refractivity contribution < 1.29 is 28.7 Å². The van der Waals surface area contributed by atoms with Crippen molar-refractivity contribution in [3.05, 3.63) is 83.7 Å². The first-order valence-corrected chi connectivity index (χ1v) is 13.0. The van der Waals surface area contributed by atoms with Gasteiger partial charge in [0.2, 0.25) is 11.8 Å². The van der Waals surface area contributed by atoms with Crippen LogP contribution in [-0.4, -0.2) is 81.1 Å². The lowest BCUT2D eigenvalue weighted by Gasteiger charge is -2.54. The molecule has 0 aliphatic carbocycles. The average molecular weight is 548 g/mol. The molecule has 0 bridgehead atoms. The van der Waals surface area contributed by atoms with Gasteiger partial charge in [0.25, 0.3) is 0 Å². The number of hydrogen-bond acceptors (Lipinski definition) is 5. The number of nitrogens with zero attached hydrogens (tertiary/aromatic N) is 4. The largest absolute Gasteiger partial charge is 0.481 e. The monoisotopic (exact) mass is 547 g/mol. The summed E-state index contributed by atoms with van der Waals surface area (Å²) in [4.78, 5) is 54.9. The number of halogens is 1. The smallest absolute Gasteiger partial charge is 0.334 e. The van der Waals surface area contributed by atoms with E-state index in [9.17, 15) is 28.7 Å². The molecular formula is C29H30FN5O5. The molecule has 5 rings (SSSR count). The second-order valence-corrected chi connectivity index (χ2v) is 10.0. The van der Waals surface area contributed by atoms with Gasteiger partial charge in [0.15, 0.2) is 0 Å². The zero-order valence-corrected chi connectivity index (χ0v) is 22.0. The molecule has 3 aromatic rings. The van der Waals surface area contributed by atoms with Crippen LogP contribution in [0.3, 0.4) is 0 Å². The van der Waals surface area contributed by atoms with Crippen molar-refractivity contribution in [2.45, 2.75) is 38.1 Å². The number of likely N-dealkylation sites (N-methyl/N-ethyl adjacent to an activating group) is 1. The van der Waals surface area contributed by atoms with Gasteiger partial charge in [-0.05, 0) is 40.5 Å². The van der Waals surface area contributed by atoms with Gasteiger partial charge in [-0.15, -0.1) is 0 Å². The molecule has 0 aromatic heterocycles. The summed E-state index contributed by atoms with van der Waals surface area (Å²) in [6.45, 7) is 0.259. The third kappa shape index (κ3) is 5.46. The van der Waals surface area contributed by atoms with E-state index in [2.05, 4.69) is 5.32 Å². The number of nitrogens with one attached hydrogen (secondary N) is 1. The highest BCUT2D eigenvalue weighted by molar-refractivity contribution is 5.92. The number of amides is 4. The number of carboxylic acids is 1. The van der Waals surface area contributed by atoms with Crippen molar-refractivity contribution in [2.75, 3.05) is 20.1 Å². The topological polar surface area (TPSA) is 114 Å². The maximum Gasteiger partial charge on any atom is 0.334 e. The molecule has 2 aliphatic heterocycles. The Morgan fingerprint density at radius 3 is 2.50 bits per heavy atom. The van der Waals surface area contributed by atoms with Crippen molar-refractivity contribution in [1.82, 2.24) is 25.1 Å². The summed E-state index contributed by atoms with van der Waals surface area (Å²) in [6, 6.07) is 17.9. The SMILES string of the molecule is CN1CC(=O)N2[C@@H](CCC(=O)O)C(=O)N(Cc3cccc4ccccc34)C[C@@H]2N1C(=O)NCc1ccc(F)cc1. The fourth-order valence-corrected chi connectivity index (χ4v) is 5.48. The lowest BCUT2D eigenvalue weighted by molar-refractivity contribution is -0.188. The second kappa shape index (κ2) is 11.3. The fraction of sp³-hybridized carbons (Fsp3) is 0.310. The molecule has 11 heteroatoms. The number of benzene rings is 3. The maximum atomic E-state index is 13.8. The van der Waals surface area contributed by atoms with Crippen LogP contribution in [0.15, 0.2) is 66.7 Å². The van der Waals surface area contributed by atoms with Gasteiger partial charge in [-0.3, -0.25) is 14.4 Å². The first-order chi connectivity index (χ1) is 19.2. The molecule has 0 radical (unpaired) electrons. The Morgan fingerprint density at radius 2 is 1.75 bits per heavy atom. The number of carbonyl (C=O) groups is 4. The summed E-state index contributed by atoms with van der Waals surface area (Å²) < 4.78 is 13.3. The van der Waals surface area contributed by atoms with Gasteiger partial charge in [0, 0.05) is 26.6 Å². The summed E-state index contributed by atoms with van der Waals surface area (Å²) in [5.41, 5.74) is 1.60. The van der Waals surface area contributed by atoms with Crippen LogP contribution >= 0.6 is 0 Å². The predicted octanol–water partition coefficient (Wildman–Crippen LogP) is 2.78. The molecule has 2 saturated heterocycles. The van der Waals surface area contributed by atoms with E-state index in [-0.39, 0.29) is 56.7 Å². The summed E-state index contributed by atoms with van der Waals surface area (Å²) in [5, 5.41) is 17.1. The Hall–Kier alpha value is -4.51. The van der Waals surface area contributed by atoms with Crippen LogP contribution in [0.2, 0.25) is 0 Å². The molecular weight excluding hydrogens is 517 g/mol. The molecule has 2 N–H and O–H groups in total. The molecule has 3 aromatic carbocycles. The third-order valence-electron chi connectivity index (χ3n) is 7.38. The number of rotatable bonds is 7. The molecule has 2 heterocycles. The lowest BCUT2D eigenvalue weighted by Crippen LogP contribution is -2.75. The number of fused-ring (bicyclic) bond motifs is 2. The molecule has 2 atom stereocenters. The summed E-state index contributed by atoms with van der Waals surface area (Å²) in [7, 11) is 1.62.